The minimum Gasteiger partial charge on any atom is -0.508 e. The molecule has 3 aliphatic heterocycles. The van der Waals surface area contributed by atoms with Crippen LogP contribution in [-0.4, -0.2) is 82.5 Å². The van der Waals surface area contributed by atoms with Gasteiger partial charge in [-0.1, -0.05) is 12.1 Å². The van der Waals surface area contributed by atoms with Gasteiger partial charge in [0.25, 0.3) is 0 Å². The minimum absolute atomic E-state index is 0.0162. The quantitative estimate of drug-likeness (QED) is 0.275. The monoisotopic (exact) mass is 524 g/mol. The first-order valence-corrected chi connectivity index (χ1v) is 12.7. The summed E-state index contributed by atoms with van der Waals surface area (Å²) in [5, 5.41) is 37.2. The van der Waals surface area contributed by atoms with Crippen molar-refractivity contribution in [1.82, 2.24) is 20.9 Å². The summed E-state index contributed by atoms with van der Waals surface area (Å²) < 4.78 is -1.37. The summed E-state index contributed by atoms with van der Waals surface area (Å²) in [4.78, 5) is 51.0. The van der Waals surface area contributed by atoms with Crippen LogP contribution in [0.2, 0.25) is 0 Å². The fraction of sp³-hybridized carbons (Fsp3) is 0.545. The Morgan fingerprint density at radius 1 is 1.03 bits per heavy atom. The zero-order valence-corrected chi connectivity index (χ0v) is 21.1. The summed E-state index contributed by atoms with van der Waals surface area (Å²) in [7, 11) is 0. The molecule has 190 valence electrons. The van der Waals surface area contributed by atoms with Crippen molar-refractivity contribution in [3.63, 3.8) is 0 Å². The van der Waals surface area contributed by atoms with Crippen LogP contribution in [0, 0.1) is 0 Å². The number of hydrogen-bond acceptors (Lipinski definition) is 9. The number of carboxylic acids is 2. The molecule has 2 amide bonds. The number of nitrogens with zero attached hydrogens (tertiary/aromatic N) is 1. The molecular weight excluding hydrogens is 496 g/mol. The third kappa shape index (κ3) is 4.57. The Bertz CT molecular complexity index is 1060. The number of aliphatic carboxylic acids is 2. The minimum atomic E-state index is -1.09. The van der Waals surface area contributed by atoms with Gasteiger partial charge in [0.05, 0.1) is 0 Å². The number of fused-ring (bicyclic) bond motifs is 1. The van der Waals surface area contributed by atoms with Crippen LogP contribution in [0.3, 0.4) is 0 Å². The van der Waals surface area contributed by atoms with Crippen molar-refractivity contribution in [3.8, 4) is 5.75 Å². The fourth-order valence-corrected chi connectivity index (χ4v) is 7.68. The number of phenols is 1. The van der Waals surface area contributed by atoms with E-state index in [0.29, 0.717) is 5.56 Å². The summed E-state index contributed by atoms with van der Waals surface area (Å²) in [5.41, 5.74) is -0.0776. The number of thioether (sulfide) groups is 2. The molecule has 11 nitrogen and oxygen atoms in total. The van der Waals surface area contributed by atoms with Crippen LogP contribution in [0.25, 0.3) is 0 Å². The highest BCUT2D eigenvalue weighted by atomic mass is 32.2. The van der Waals surface area contributed by atoms with E-state index in [1.54, 1.807) is 39.8 Å². The number of phenolic OH excluding ortho intramolecular Hbond substituents is 1. The molecule has 3 heterocycles. The maximum absolute atomic E-state index is 13.4. The highest BCUT2D eigenvalue weighted by Gasteiger charge is 2.64. The van der Waals surface area contributed by atoms with Gasteiger partial charge in [-0.3, -0.25) is 25.0 Å². The maximum atomic E-state index is 13.4. The lowest BCUT2D eigenvalue weighted by atomic mass is 9.95. The van der Waals surface area contributed by atoms with Crippen molar-refractivity contribution >= 4 is 47.3 Å². The van der Waals surface area contributed by atoms with Gasteiger partial charge >= 0.3 is 11.9 Å². The van der Waals surface area contributed by atoms with E-state index in [9.17, 15) is 34.5 Å². The fourth-order valence-electron chi connectivity index (χ4n) is 4.73. The highest BCUT2D eigenvalue weighted by Crippen LogP contribution is 2.50. The molecule has 1 aromatic rings. The summed E-state index contributed by atoms with van der Waals surface area (Å²) in [5.74, 6) is -3.07. The van der Waals surface area contributed by atoms with Gasteiger partial charge in [-0.15, -0.1) is 23.5 Å². The number of rotatable bonds is 7. The van der Waals surface area contributed by atoms with Crippen LogP contribution in [0.15, 0.2) is 24.3 Å². The number of amides is 2. The number of aromatic hydroxyl groups is 1. The van der Waals surface area contributed by atoms with Gasteiger partial charge in [0.15, 0.2) is 0 Å². The number of β-lactam (4-membered cyclic amide) rings is 1. The zero-order chi connectivity index (χ0) is 25.9. The standard InChI is InChI=1S/C22H28N4O7S2/c1-21(2)13(18(30)31)25-20(35-21)24-11(9-5-7-10(27)8-6-9)15(28)23-12-16(29)26-14(19(32)33)22(3,4)34-17(12)26/h5-8,11-14,17,20,24-25,27H,1-4H3,(H,23,28)(H,30,31)(H,32,33)/t11-,12-,13+,14+,17-,20?/m1/s1. The number of carboxylic acid groups (broad SMARTS) is 2. The maximum Gasteiger partial charge on any atom is 0.327 e. The van der Waals surface area contributed by atoms with Gasteiger partial charge in [0, 0.05) is 9.49 Å². The van der Waals surface area contributed by atoms with Crippen LogP contribution in [-0.2, 0) is 19.2 Å². The van der Waals surface area contributed by atoms with E-state index in [1.165, 1.54) is 40.6 Å². The first-order chi connectivity index (χ1) is 16.2. The molecule has 6 N–H and O–H groups in total. The third-order valence-electron chi connectivity index (χ3n) is 6.46. The molecule has 0 aliphatic carbocycles. The molecule has 0 spiro atoms. The van der Waals surface area contributed by atoms with Crippen molar-refractivity contribution in [1.29, 1.82) is 0 Å². The molecule has 1 aromatic carbocycles. The number of benzene rings is 1. The Morgan fingerprint density at radius 3 is 2.20 bits per heavy atom. The molecule has 3 fully saturated rings. The molecule has 0 bridgehead atoms. The summed E-state index contributed by atoms with van der Waals surface area (Å²) in [6.07, 6.45) is 0. The summed E-state index contributed by atoms with van der Waals surface area (Å²) in [6, 6.07) is 2.30. The molecule has 0 aromatic heterocycles. The molecule has 13 heteroatoms. The second-order valence-corrected chi connectivity index (χ2v) is 13.3. The average Bonchev–Trinajstić information content (AvgIpc) is 3.20. The SMILES string of the molecule is CC1(C)S[C@@H]2[C@H](NC(=O)[C@H](NC3N[C@@H](C(=O)O)C(C)(C)S3)c3ccc(O)cc3)C(=O)N2[C@H]1C(=O)O. The number of hydrogen-bond donors (Lipinski definition) is 6. The Morgan fingerprint density at radius 2 is 1.66 bits per heavy atom. The normalized spacial score (nSPS) is 31.4. The van der Waals surface area contributed by atoms with Crippen LogP contribution in [0.1, 0.15) is 39.3 Å². The lowest BCUT2D eigenvalue weighted by molar-refractivity contribution is -0.161. The van der Waals surface area contributed by atoms with E-state index in [1.807, 2.05) is 0 Å². The smallest absolute Gasteiger partial charge is 0.327 e. The average molecular weight is 525 g/mol. The lowest BCUT2D eigenvalue weighted by Crippen LogP contribution is -2.71. The van der Waals surface area contributed by atoms with Crippen LogP contribution in [0.4, 0.5) is 0 Å². The second-order valence-electron chi connectivity index (χ2n) is 9.81. The number of carbonyl (C=O) groups excluding carboxylic acids is 2. The van der Waals surface area contributed by atoms with E-state index in [0.717, 1.165) is 0 Å². The first kappa shape index (κ1) is 25.6. The van der Waals surface area contributed by atoms with Gasteiger partial charge in [-0.25, -0.2) is 4.79 Å². The number of carbonyl (C=O) groups is 4. The first-order valence-electron chi connectivity index (χ1n) is 11.0. The Balaban J connectivity index is 1.53. The van der Waals surface area contributed by atoms with Gasteiger partial charge in [0.2, 0.25) is 11.8 Å². The molecule has 0 radical (unpaired) electrons. The van der Waals surface area contributed by atoms with E-state index < -0.39 is 68.3 Å². The van der Waals surface area contributed by atoms with Crippen molar-refractivity contribution in [2.45, 2.75) is 72.2 Å². The molecule has 4 rings (SSSR count). The van der Waals surface area contributed by atoms with Crippen molar-refractivity contribution in [2.75, 3.05) is 0 Å². The van der Waals surface area contributed by atoms with Gasteiger partial charge < -0.3 is 25.5 Å². The van der Waals surface area contributed by atoms with E-state index in [2.05, 4.69) is 16.0 Å². The predicted octanol–water partition coefficient (Wildman–Crippen LogP) is 0.506. The van der Waals surface area contributed by atoms with Crippen molar-refractivity contribution in [3.05, 3.63) is 29.8 Å². The number of nitrogens with one attached hydrogen (secondary N) is 3. The van der Waals surface area contributed by atoms with Crippen LogP contribution in [0.5, 0.6) is 5.75 Å². The summed E-state index contributed by atoms with van der Waals surface area (Å²) in [6.45, 7) is 7.09. The Hall–Kier alpha value is -2.48. The molecule has 6 atom stereocenters. The molecule has 3 saturated heterocycles. The summed E-state index contributed by atoms with van der Waals surface area (Å²) >= 11 is 2.66. The van der Waals surface area contributed by atoms with Gasteiger partial charge in [0.1, 0.15) is 40.8 Å². The van der Waals surface area contributed by atoms with Gasteiger partial charge in [-0.05, 0) is 45.4 Å². The van der Waals surface area contributed by atoms with Crippen LogP contribution >= 0.6 is 23.5 Å². The topological polar surface area (TPSA) is 168 Å². The van der Waals surface area contributed by atoms with Crippen molar-refractivity contribution < 1.29 is 34.5 Å². The highest BCUT2D eigenvalue weighted by molar-refractivity contribution is 8.01. The van der Waals surface area contributed by atoms with E-state index in [4.69, 9.17) is 0 Å². The van der Waals surface area contributed by atoms with E-state index >= 15 is 0 Å². The predicted molar refractivity (Wildman–Crippen MR) is 130 cm³/mol. The molecule has 1 unspecified atom stereocenters. The Labute approximate surface area is 210 Å². The second kappa shape index (κ2) is 8.87. The zero-order valence-electron chi connectivity index (χ0n) is 19.5. The van der Waals surface area contributed by atoms with Crippen LogP contribution < -0.4 is 16.0 Å². The third-order valence-corrected chi connectivity index (χ3v) is 9.38. The molecule has 3 aliphatic rings. The molecular formula is C22H28N4O7S2. The molecule has 0 saturated carbocycles. The van der Waals surface area contributed by atoms with E-state index in [-0.39, 0.29) is 5.75 Å². The largest absolute Gasteiger partial charge is 0.508 e. The Kier molecular flexibility index (Phi) is 6.49. The molecule has 35 heavy (non-hydrogen) atoms. The van der Waals surface area contributed by atoms with Crippen molar-refractivity contribution in [2.24, 2.45) is 0 Å². The van der Waals surface area contributed by atoms with Gasteiger partial charge in [-0.2, -0.15) is 0 Å². The lowest BCUT2D eigenvalue weighted by Gasteiger charge is -2.44.